The van der Waals surface area contributed by atoms with Gasteiger partial charge in [-0.25, -0.2) is 4.98 Å². The van der Waals surface area contributed by atoms with Crippen LogP contribution in [0.3, 0.4) is 0 Å². The quantitative estimate of drug-likeness (QED) is 0.593. The Bertz CT molecular complexity index is 992. The summed E-state index contributed by atoms with van der Waals surface area (Å²) in [6.45, 7) is 3.31. The molecule has 1 amide bonds. The molecule has 12 heteroatoms. The molecule has 192 valence electrons. The highest BCUT2D eigenvalue weighted by atomic mass is 19.4. The first-order chi connectivity index (χ1) is 16.7. The number of nitrogens with zero attached hydrogens (tertiary/aromatic N) is 4. The van der Waals surface area contributed by atoms with Gasteiger partial charge >= 0.3 is 6.18 Å². The zero-order chi connectivity index (χ0) is 24.8. The fourth-order valence-electron chi connectivity index (χ4n) is 4.37. The lowest BCUT2D eigenvalue weighted by atomic mass is 10.0. The summed E-state index contributed by atoms with van der Waals surface area (Å²) in [6, 6.07) is 3.29. The molecule has 4 heterocycles. The number of amides is 1. The van der Waals surface area contributed by atoms with E-state index >= 15 is 0 Å². The van der Waals surface area contributed by atoms with Gasteiger partial charge in [-0.05, 0) is 31.2 Å². The zero-order valence-corrected chi connectivity index (χ0v) is 19.6. The van der Waals surface area contributed by atoms with Crippen molar-refractivity contribution in [3.63, 3.8) is 0 Å². The standard InChI is InChI=1S/C23H30F3N5O4/c1-15-29-30-22(35-15)12-20(32)27-17-3-4-18(33-13-17)7-10-31-9-6-16-2-5-21(28-19(16)8-11-31)34-14-23(24,25)26/h2,5,17-18H,3-4,6-14H2,1H3,(H,27,32)/t17-,18+/m0/s1. The average Bonchev–Trinajstić information content (AvgIpc) is 3.10. The van der Waals surface area contributed by atoms with Crippen LogP contribution in [0.5, 0.6) is 5.88 Å². The predicted molar refractivity (Wildman–Crippen MR) is 118 cm³/mol. The Labute approximate surface area is 201 Å². The highest BCUT2D eigenvalue weighted by Gasteiger charge is 2.29. The van der Waals surface area contributed by atoms with Crippen molar-refractivity contribution in [2.45, 2.75) is 63.8 Å². The number of nitrogens with one attached hydrogen (secondary N) is 1. The van der Waals surface area contributed by atoms with Crippen LogP contribution in [0.2, 0.25) is 0 Å². The molecule has 35 heavy (non-hydrogen) atoms. The molecule has 0 aromatic carbocycles. The molecule has 0 radical (unpaired) electrons. The topological polar surface area (TPSA) is 103 Å². The molecule has 0 unspecified atom stereocenters. The van der Waals surface area contributed by atoms with E-state index in [1.165, 1.54) is 6.07 Å². The normalized spacial score (nSPS) is 21.3. The number of carbonyl (C=O) groups is 1. The molecule has 0 bridgehead atoms. The molecule has 0 aliphatic carbocycles. The minimum atomic E-state index is -4.38. The molecule has 9 nitrogen and oxygen atoms in total. The van der Waals surface area contributed by atoms with Crippen LogP contribution in [-0.4, -0.2) is 77.2 Å². The van der Waals surface area contributed by atoms with Gasteiger partial charge in [0.15, 0.2) is 6.61 Å². The van der Waals surface area contributed by atoms with Gasteiger partial charge in [0.25, 0.3) is 0 Å². The maximum Gasteiger partial charge on any atom is 0.422 e. The van der Waals surface area contributed by atoms with Crippen LogP contribution >= 0.6 is 0 Å². The number of pyridine rings is 1. The number of halogens is 3. The summed E-state index contributed by atoms with van der Waals surface area (Å²) in [6.07, 6.45) is -0.150. The van der Waals surface area contributed by atoms with Gasteiger partial charge in [-0.1, -0.05) is 6.07 Å². The molecule has 1 fully saturated rings. The number of rotatable bonds is 8. The van der Waals surface area contributed by atoms with Gasteiger partial charge in [-0.2, -0.15) is 13.2 Å². The molecular formula is C23H30F3N5O4. The van der Waals surface area contributed by atoms with Crippen LogP contribution in [-0.2, 0) is 28.8 Å². The Kier molecular flexibility index (Phi) is 8.22. The lowest BCUT2D eigenvalue weighted by Gasteiger charge is -2.31. The fourth-order valence-corrected chi connectivity index (χ4v) is 4.37. The summed E-state index contributed by atoms with van der Waals surface area (Å²) < 4.78 is 53.2. The lowest BCUT2D eigenvalue weighted by molar-refractivity contribution is -0.154. The van der Waals surface area contributed by atoms with Crippen molar-refractivity contribution in [1.29, 1.82) is 0 Å². The van der Waals surface area contributed by atoms with Gasteiger partial charge < -0.3 is 24.1 Å². The second-order valence-electron chi connectivity index (χ2n) is 8.98. The van der Waals surface area contributed by atoms with Crippen LogP contribution in [0, 0.1) is 6.92 Å². The molecule has 1 saturated heterocycles. The van der Waals surface area contributed by atoms with Gasteiger partial charge in [0, 0.05) is 44.7 Å². The molecule has 1 N–H and O–H groups in total. The first-order valence-electron chi connectivity index (χ1n) is 11.8. The number of carbonyl (C=O) groups excluding carboxylic acids is 1. The van der Waals surface area contributed by atoms with E-state index in [1.807, 2.05) is 6.07 Å². The smallest absolute Gasteiger partial charge is 0.422 e. The Balaban J connectivity index is 1.16. The van der Waals surface area contributed by atoms with Crippen molar-refractivity contribution in [2.75, 3.05) is 32.8 Å². The predicted octanol–water partition coefficient (Wildman–Crippen LogP) is 2.41. The fraction of sp³-hybridized carbons (Fsp3) is 0.652. The Morgan fingerprint density at radius 2 is 2.06 bits per heavy atom. The molecule has 2 aromatic rings. The molecule has 2 aliphatic heterocycles. The van der Waals surface area contributed by atoms with E-state index in [2.05, 4.69) is 25.4 Å². The van der Waals surface area contributed by atoms with E-state index in [0.717, 1.165) is 56.6 Å². The van der Waals surface area contributed by atoms with Gasteiger partial charge in [-0.15, -0.1) is 10.2 Å². The molecule has 0 spiro atoms. The summed E-state index contributed by atoms with van der Waals surface area (Å²) in [5.41, 5.74) is 1.85. The maximum absolute atomic E-state index is 12.4. The van der Waals surface area contributed by atoms with E-state index in [4.69, 9.17) is 13.9 Å². The monoisotopic (exact) mass is 497 g/mol. The average molecular weight is 498 g/mol. The molecule has 2 aromatic heterocycles. The number of alkyl halides is 3. The summed E-state index contributed by atoms with van der Waals surface area (Å²) >= 11 is 0. The van der Waals surface area contributed by atoms with E-state index in [-0.39, 0.29) is 30.4 Å². The molecule has 0 saturated carbocycles. The molecular weight excluding hydrogens is 467 g/mol. The van der Waals surface area contributed by atoms with Gasteiger partial charge in [0.2, 0.25) is 23.6 Å². The van der Waals surface area contributed by atoms with Crippen molar-refractivity contribution in [1.82, 2.24) is 25.4 Å². The first-order valence-corrected chi connectivity index (χ1v) is 11.8. The van der Waals surface area contributed by atoms with Gasteiger partial charge in [0.05, 0.1) is 18.8 Å². The van der Waals surface area contributed by atoms with E-state index < -0.39 is 12.8 Å². The minimum absolute atomic E-state index is 0.0129. The summed E-state index contributed by atoms with van der Waals surface area (Å²) in [7, 11) is 0. The van der Waals surface area contributed by atoms with Crippen molar-refractivity contribution >= 4 is 5.91 Å². The van der Waals surface area contributed by atoms with Crippen LogP contribution < -0.4 is 10.1 Å². The number of aromatic nitrogens is 3. The van der Waals surface area contributed by atoms with Crippen molar-refractivity contribution < 1.29 is 31.9 Å². The van der Waals surface area contributed by atoms with Crippen molar-refractivity contribution in [3.05, 3.63) is 35.2 Å². The van der Waals surface area contributed by atoms with Crippen LogP contribution in [0.25, 0.3) is 0 Å². The van der Waals surface area contributed by atoms with Crippen LogP contribution in [0.15, 0.2) is 16.5 Å². The number of ether oxygens (including phenoxy) is 2. The second-order valence-corrected chi connectivity index (χ2v) is 8.98. The zero-order valence-electron chi connectivity index (χ0n) is 19.6. The summed E-state index contributed by atoms with van der Waals surface area (Å²) in [5.74, 6) is 0.583. The lowest BCUT2D eigenvalue weighted by Crippen LogP contribution is -2.44. The van der Waals surface area contributed by atoms with Gasteiger partial charge in [0.1, 0.15) is 6.42 Å². The number of fused-ring (bicyclic) bond motifs is 1. The van der Waals surface area contributed by atoms with E-state index in [0.29, 0.717) is 24.8 Å². The summed E-state index contributed by atoms with van der Waals surface area (Å²) in [4.78, 5) is 18.8. The highest BCUT2D eigenvalue weighted by Crippen LogP contribution is 2.22. The van der Waals surface area contributed by atoms with Crippen molar-refractivity contribution in [2.24, 2.45) is 0 Å². The SMILES string of the molecule is Cc1nnc(CC(=O)N[C@H]2CC[C@H](CCN3CCc4ccc(OCC(F)(F)F)nc4CC3)OC2)o1. The van der Waals surface area contributed by atoms with Crippen molar-refractivity contribution in [3.8, 4) is 5.88 Å². The third kappa shape index (κ3) is 7.89. The minimum Gasteiger partial charge on any atom is -0.468 e. The number of hydrogen-bond donors (Lipinski definition) is 1. The molecule has 2 aliphatic rings. The Hall–Kier alpha value is -2.73. The van der Waals surface area contributed by atoms with Crippen LogP contribution in [0.4, 0.5) is 13.2 Å². The van der Waals surface area contributed by atoms with Gasteiger partial charge in [-0.3, -0.25) is 4.79 Å². The Morgan fingerprint density at radius 1 is 1.23 bits per heavy atom. The Morgan fingerprint density at radius 3 is 2.77 bits per heavy atom. The summed E-state index contributed by atoms with van der Waals surface area (Å²) in [5, 5.41) is 10.5. The van der Waals surface area contributed by atoms with Crippen LogP contribution in [0.1, 0.15) is 42.3 Å². The first kappa shape index (κ1) is 25.4. The largest absolute Gasteiger partial charge is 0.468 e. The van der Waals surface area contributed by atoms with E-state index in [1.54, 1.807) is 6.92 Å². The number of hydrogen-bond acceptors (Lipinski definition) is 8. The van der Waals surface area contributed by atoms with E-state index in [9.17, 15) is 18.0 Å². The highest BCUT2D eigenvalue weighted by molar-refractivity contribution is 5.77. The number of aryl methyl sites for hydroxylation is 1. The maximum atomic E-state index is 12.4. The second kappa shape index (κ2) is 11.3. The molecule has 4 rings (SSSR count). The third-order valence-electron chi connectivity index (χ3n) is 6.17. The molecule has 2 atom stereocenters. The third-order valence-corrected chi connectivity index (χ3v) is 6.17.